The molecule has 0 atom stereocenters. The quantitative estimate of drug-likeness (QED) is 0.885. The second kappa shape index (κ2) is 4.63. The lowest BCUT2D eigenvalue weighted by atomic mass is 10.1. The molecule has 1 aromatic carbocycles. The molecule has 0 radical (unpaired) electrons. The van der Waals surface area contributed by atoms with Crippen LogP contribution in [0.15, 0.2) is 24.3 Å². The van der Waals surface area contributed by atoms with Crippen LogP contribution in [0.4, 0.5) is 4.39 Å². The Kier molecular flexibility index (Phi) is 3.19. The molecule has 5 heteroatoms. The summed E-state index contributed by atoms with van der Waals surface area (Å²) in [5, 5.41) is 17.4. The maximum absolute atomic E-state index is 12.8. The van der Waals surface area contributed by atoms with Crippen molar-refractivity contribution in [1.29, 1.82) is 0 Å². The van der Waals surface area contributed by atoms with Crippen LogP contribution >= 0.6 is 0 Å². The summed E-state index contributed by atoms with van der Waals surface area (Å²) in [6.45, 7) is 3.83. The predicted octanol–water partition coefficient (Wildman–Crippen LogP) is 2.02. The van der Waals surface area contributed by atoms with Crippen LogP contribution in [0.3, 0.4) is 0 Å². The number of benzene rings is 1. The average Bonchev–Trinajstić information content (AvgIpc) is 2.73. The van der Waals surface area contributed by atoms with Crippen molar-refractivity contribution in [1.82, 2.24) is 15.0 Å². The molecule has 0 spiro atoms. The molecule has 0 amide bonds. The Labute approximate surface area is 98.7 Å². The first-order chi connectivity index (χ1) is 8.13. The van der Waals surface area contributed by atoms with E-state index in [0.29, 0.717) is 11.4 Å². The largest absolute Gasteiger partial charge is 0.390 e. The minimum absolute atomic E-state index is 0.141. The summed E-state index contributed by atoms with van der Waals surface area (Å²) in [7, 11) is 0. The molecule has 1 aromatic heterocycles. The molecule has 90 valence electrons. The number of hydrogen-bond acceptors (Lipinski definition) is 3. The number of aliphatic hydroxyl groups is 1. The fraction of sp³-hybridized carbons (Fsp3) is 0.333. The van der Waals surface area contributed by atoms with Gasteiger partial charge in [0.25, 0.3) is 0 Å². The Morgan fingerprint density at radius 1 is 1.29 bits per heavy atom. The van der Waals surface area contributed by atoms with Crippen LogP contribution in [-0.2, 0) is 6.61 Å². The highest BCUT2D eigenvalue weighted by Crippen LogP contribution is 2.19. The molecule has 0 aliphatic rings. The van der Waals surface area contributed by atoms with Gasteiger partial charge in [0.2, 0.25) is 0 Å². The van der Waals surface area contributed by atoms with Crippen molar-refractivity contribution in [3.05, 3.63) is 41.5 Å². The maximum Gasteiger partial charge on any atom is 0.123 e. The monoisotopic (exact) mass is 235 g/mol. The van der Waals surface area contributed by atoms with Crippen molar-refractivity contribution in [3.63, 3.8) is 0 Å². The molecular formula is C12H14FN3O. The molecular weight excluding hydrogens is 221 g/mol. The normalized spacial score (nSPS) is 11.1. The molecule has 2 rings (SSSR count). The smallest absolute Gasteiger partial charge is 0.123 e. The molecule has 0 aliphatic carbocycles. The standard InChI is InChI=1S/C12H14FN3O/c1-8(2)12-11(7-17)16(15-14-12)10-5-3-9(13)4-6-10/h3-6,8,17H,7H2,1-2H3. The summed E-state index contributed by atoms with van der Waals surface area (Å²) in [5.74, 6) is -0.116. The Morgan fingerprint density at radius 3 is 2.47 bits per heavy atom. The zero-order chi connectivity index (χ0) is 12.4. The van der Waals surface area contributed by atoms with Gasteiger partial charge in [0.05, 0.1) is 23.7 Å². The molecule has 2 aromatic rings. The van der Waals surface area contributed by atoms with Gasteiger partial charge in [-0.2, -0.15) is 0 Å². The summed E-state index contributed by atoms with van der Waals surface area (Å²) in [5.41, 5.74) is 2.10. The molecule has 0 saturated carbocycles. The fourth-order valence-electron chi connectivity index (χ4n) is 1.70. The molecule has 0 unspecified atom stereocenters. The number of halogens is 1. The fourth-order valence-corrected chi connectivity index (χ4v) is 1.70. The number of hydrogen-bond donors (Lipinski definition) is 1. The van der Waals surface area contributed by atoms with Gasteiger partial charge in [-0.05, 0) is 30.2 Å². The number of nitrogens with zero attached hydrogens (tertiary/aromatic N) is 3. The van der Waals surface area contributed by atoms with Crippen LogP contribution in [0, 0.1) is 5.82 Å². The van der Waals surface area contributed by atoms with Gasteiger partial charge in [-0.15, -0.1) is 5.10 Å². The van der Waals surface area contributed by atoms with Crippen LogP contribution in [-0.4, -0.2) is 20.1 Å². The Balaban J connectivity index is 2.48. The Morgan fingerprint density at radius 2 is 1.94 bits per heavy atom. The lowest BCUT2D eigenvalue weighted by molar-refractivity contribution is 0.271. The third-order valence-electron chi connectivity index (χ3n) is 2.56. The van der Waals surface area contributed by atoms with Crippen molar-refractivity contribution in [2.24, 2.45) is 0 Å². The zero-order valence-electron chi connectivity index (χ0n) is 9.76. The first kappa shape index (κ1) is 11.7. The third kappa shape index (κ3) is 2.19. The van der Waals surface area contributed by atoms with Gasteiger partial charge >= 0.3 is 0 Å². The lowest BCUT2D eigenvalue weighted by Crippen LogP contribution is -2.04. The first-order valence-corrected chi connectivity index (χ1v) is 5.44. The summed E-state index contributed by atoms with van der Waals surface area (Å²) in [4.78, 5) is 0. The van der Waals surface area contributed by atoms with Gasteiger partial charge in [-0.3, -0.25) is 0 Å². The van der Waals surface area contributed by atoms with Crippen molar-refractivity contribution in [3.8, 4) is 5.69 Å². The van der Waals surface area contributed by atoms with Gasteiger partial charge < -0.3 is 5.11 Å². The van der Waals surface area contributed by atoms with Crippen molar-refractivity contribution >= 4 is 0 Å². The van der Waals surface area contributed by atoms with E-state index >= 15 is 0 Å². The van der Waals surface area contributed by atoms with E-state index in [1.165, 1.54) is 16.8 Å². The summed E-state index contributed by atoms with van der Waals surface area (Å²) in [6.07, 6.45) is 0. The predicted molar refractivity (Wildman–Crippen MR) is 61.3 cm³/mol. The molecule has 4 nitrogen and oxygen atoms in total. The summed E-state index contributed by atoms with van der Waals surface area (Å²) in [6, 6.07) is 5.92. The highest BCUT2D eigenvalue weighted by molar-refractivity contribution is 5.34. The second-order valence-corrected chi connectivity index (χ2v) is 4.12. The SMILES string of the molecule is CC(C)c1nnn(-c2ccc(F)cc2)c1CO. The molecule has 0 fully saturated rings. The zero-order valence-corrected chi connectivity index (χ0v) is 9.76. The molecule has 1 heterocycles. The Hall–Kier alpha value is -1.75. The van der Waals surface area contributed by atoms with E-state index < -0.39 is 0 Å². The van der Waals surface area contributed by atoms with E-state index in [2.05, 4.69) is 10.3 Å². The van der Waals surface area contributed by atoms with E-state index in [-0.39, 0.29) is 18.3 Å². The molecule has 17 heavy (non-hydrogen) atoms. The minimum atomic E-state index is -0.302. The number of aromatic nitrogens is 3. The highest BCUT2D eigenvalue weighted by atomic mass is 19.1. The third-order valence-corrected chi connectivity index (χ3v) is 2.56. The number of aliphatic hydroxyl groups excluding tert-OH is 1. The molecule has 1 N–H and O–H groups in total. The lowest BCUT2D eigenvalue weighted by Gasteiger charge is -2.06. The minimum Gasteiger partial charge on any atom is -0.390 e. The van der Waals surface area contributed by atoms with Crippen LogP contribution < -0.4 is 0 Å². The maximum atomic E-state index is 12.8. The van der Waals surface area contributed by atoms with Crippen LogP contribution in [0.1, 0.15) is 31.2 Å². The highest BCUT2D eigenvalue weighted by Gasteiger charge is 2.15. The van der Waals surface area contributed by atoms with Crippen molar-refractivity contribution < 1.29 is 9.50 Å². The van der Waals surface area contributed by atoms with Crippen LogP contribution in [0.5, 0.6) is 0 Å². The molecule has 0 saturated heterocycles. The average molecular weight is 235 g/mol. The van der Waals surface area contributed by atoms with Gasteiger partial charge in [0.15, 0.2) is 0 Å². The van der Waals surface area contributed by atoms with Gasteiger partial charge in [-0.25, -0.2) is 9.07 Å². The summed E-state index contributed by atoms with van der Waals surface area (Å²) >= 11 is 0. The topological polar surface area (TPSA) is 50.9 Å². The van der Waals surface area contributed by atoms with E-state index in [4.69, 9.17) is 0 Å². The second-order valence-electron chi connectivity index (χ2n) is 4.12. The van der Waals surface area contributed by atoms with Gasteiger partial charge in [0, 0.05) is 0 Å². The van der Waals surface area contributed by atoms with Crippen LogP contribution in [0.2, 0.25) is 0 Å². The summed E-state index contributed by atoms with van der Waals surface area (Å²) < 4.78 is 14.4. The van der Waals surface area contributed by atoms with Crippen LogP contribution in [0.25, 0.3) is 5.69 Å². The van der Waals surface area contributed by atoms with E-state index in [0.717, 1.165) is 5.69 Å². The van der Waals surface area contributed by atoms with E-state index in [1.807, 2.05) is 13.8 Å². The molecule has 0 bridgehead atoms. The van der Waals surface area contributed by atoms with Crippen molar-refractivity contribution in [2.45, 2.75) is 26.4 Å². The van der Waals surface area contributed by atoms with Gasteiger partial charge in [0.1, 0.15) is 5.82 Å². The van der Waals surface area contributed by atoms with Gasteiger partial charge in [-0.1, -0.05) is 19.1 Å². The molecule has 0 aliphatic heterocycles. The first-order valence-electron chi connectivity index (χ1n) is 5.44. The number of rotatable bonds is 3. The van der Waals surface area contributed by atoms with Crippen molar-refractivity contribution in [2.75, 3.05) is 0 Å². The Bertz CT molecular complexity index is 505. The van der Waals surface area contributed by atoms with E-state index in [9.17, 15) is 9.50 Å². The van der Waals surface area contributed by atoms with E-state index in [1.54, 1.807) is 12.1 Å².